The van der Waals surface area contributed by atoms with Crippen LogP contribution in [0.2, 0.25) is 0 Å². The van der Waals surface area contributed by atoms with E-state index in [0.717, 1.165) is 50.5 Å². The van der Waals surface area contributed by atoms with Gasteiger partial charge in [-0.15, -0.1) is 0 Å². The van der Waals surface area contributed by atoms with Crippen LogP contribution in [-0.2, 0) is 0 Å². The van der Waals surface area contributed by atoms with Crippen LogP contribution in [0.25, 0.3) is 0 Å². The molecule has 0 fully saturated rings. The van der Waals surface area contributed by atoms with Crippen LogP contribution in [0.1, 0.15) is 35.4 Å². The first-order chi connectivity index (χ1) is 14.7. The van der Waals surface area contributed by atoms with Crippen LogP contribution in [0.3, 0.4) is 0 Å². The molecule has 0 N–H and O–H groups in total. The molecule has 3 aromatic carbocycles. The zero-order chi connectivity index (χ0) is 20.2. The summed E-state index contributed by atoms with van der Waals surface area (Å²) in [5, 5.41) is 6.91. The summed E-state index contributed by atoms with van der Waals surface area (Å²) in [6.45, 7) is 0.238. The Morgan fingerprint density at radius 3 is 2.60 bits per heavy atom. The Balaban J connectivity index is 1.43. The standard InChI is InChI=1S/C23H16BrFN2O3/c24-15-4-8-20-17(10-15)19-11-18(14-3-7-21-22(9-14)29-12-28-21)26-27(19)23(30-20)13-1-5-16(25)6-2-13/h1-10,19,23H,11-12H2/t19-,23+/m1/s1. The van der Waals surface area contributed by atoms with E-state index >= 15 is 0 Å². The largest absolute Gasteiger partial charge is 0.464 e. The van der Waals surface area contributed by atoms with Crippen LogP contribution < -0.4 is 14.2 Å². The fourth-order valence-corrected chi connectivity index (χ4v) is 4.53. The average Bonchev–Trinajstić information content (AvgIpc) is 3.41. The Morgan fingerprint density at radius 2 is 1.73 bits per heavy atom. The first-order valence-electron chi connectivity index (χ1n) is 9.63. The number of ether oxygens (including phenoxy) is 3. The molecule has 0 unspecified atom stereocenters. The molecule has 0 aliphatic carbocycles. The van der Waals surface area contributed by atoms with Crippen LogP contribution in [0.5, 0.6) is 17.2 Å². The van der Waals surface area contributed by atoms with Crippen molar-refractivity contribution in [3.63, 3.8) is 0 Å². The molecule has 7 heteroatoms. The Kier molecular flexibility index (Phi) is 3.99. The minimum atomic E-state index is -0.434. The summed E-state index contributed by atoms with van der Waals surface area (Å²) in [6, 6.07) is 18.3. The second-order valence-corrected chi connectivity index (χ2v) is 8.33. The molecule has 0 radical (unpaired) electrons. The van der Waals surface area contributed by atoms with Crippen LogP contribution in [-0.4, -0.2) is 17.5 Å². The molecule has 3 aliphatic rings. The van der Waals surface area contributed by atoms with Crippen molar-refractivity contribution in [2.45, 2.75) is 18.7 Å². The molecule has 0 spiro atoms. The van der Waals surface area contributed by atoms with Crippen molar-refractivity contribution < 1.29 is 18.6 Å². The van der Waals surface area contributed by atoms with Gasteiger partial charge >= 0.3 is 0 Å². The Bertz CT molecular complexity index is 1180. The SMILES string of the molecule is Fc1ccc([C@@H]2Oc3ccc(Br)cc3[C@H]3CC(c4ccc5c(c4)OCO5)=NN32)cc1. The quantitative estimate of drug-likeness (QED) is 0.495. The van der Waals surface area contributed by atoms with Crippen molar-refractivity contribution >= 4 is 21.6 Å². The summed E-state index contributed by atoms with van der Waals surface area (Å²) in [7, 11) is 0. The maximum Gasteiger partial charge on any atom is 0.231 e. The summed E-state index contributed by atoms with van der Waals surface area (Å²) < 4.78 is 31.8. The third-order valence-corrected chi connectivity index (χ3v) is 6.11. The zero-order valence-corrected chi connectivity index (χ0v) is 17.3. The molecule has 3 heterocycles. The summed E-state index contributed by atoms with van der Waals surface area (Å²) in [5.74, 6) is 2.02. The Morgan fingerprint density at radius 1 is 0.933 bits per heavy atom. The second kappa shape index (κ2) is 6.74. The van der Waals surface area contributed by atoms with E-state index in [4.69, 9.17) is 19.3 Å². The van der Waals surface area contributed by atoms with Crippen molar-refractivity contribution in [3.05, 3.63) is 87.6 Å². The highest BCUT2D eigenvalue weighted by molar-refractivity contribution is 9.10. The molecule has 0 saturated carbocycles. The highest BCUT2D eigenvalue weighted by Crippen LogP contribution is 2.48. The van der Waals surface area contributed by atoms with Gasteiger partial charge in [0.15, 0.2) is 11.5 Å². The van der Waals surface area contributed by atoms with Crippen LogP contribution in [0, 0.1) is 5.82 Å². The predicted molar refractivity (Wildman–Crippen MR) is 112 cm³/mol. The average molecular weight is 467 g/mol. The summed E-state index contributed by atoms with van der Waals surface area (Å²) in [4.78, 5) is 0. The first-order valence-corrected chi connectivity index (χ1v) is 10.4. The minimum absolute atomic E-state index is 0.0155. The number of hydrogen-bond donors (Lipinski definition) is 0. The van der Waals surface area contributed by atoms with Crippen LogP contribution in [0.15, 0.2) is 70.2 Å². The molecule has 30 heavy (non-hydrogen) atoms. The van der Waals surface area contributed by atoms with Gasteiger partial charge < -0.3 is 14.2 Å². The first kappa shape index (κ1) is 17.8. The monoisotopic (exact) mass is 466 g/mol. The van der Waals surface area contributed by atoms with E-state index in [9.17, 15) is 4.39 Å². The highest BCUT2D eigenvalue weighted by Gasteiger charge is 2.41. The molecular formula is C23H16BrFN2O3. The predicted octanol–water partition coefficient (Wildman–Crippen LogP) is 5.56. The van der Waals surface area contributed by atoms with Gasteiger partial charge in [-0.25, -0.2) is 9.40 Å². The third-order valence-electron chi connectivity index (χ3n) is 5.61. The molecule has 5 nitrogen and oxygen atoms in total. The maximum absolute atomic E-state index is 13.5. The normalized spacial score (nSPS) is 21.0. The van der Waals surface area contributed by atoms with Crippen molar-refractivity contribution in [1.82, 2.24) is 5.01 Å². The van der Waals surface area contributed by atoms with Gasteiger partial charge in [0, 0.05) is 27.6 Å². The lowest BCUT2D eigenvalue weighted by Crippen LogP contribution is -2.33. The molecule has 0 amide bonds. The van der Waals surface area contributed by atoms with Crippen molar-refractivity contribution in [2.24, 2.45) is 5.10 Å². The lowest BCUT2D eigenvalue weighted by Gasteiger charge is -2.38. The maximum atomic E-state index is 13.5. The molecule has 0 bridgehead atoms. The van der Waals surface area contributed by atoms with Gasteiger partial charge in [-0.05, 0) is 48.5 Å². The fraction of sp³-hybridized carbons (Fsp3) is 0.174. The fourth-order valence-electron chi connectivity index (χ4n) is 4.16. The van der Waals surface area contributed by atoms with Gasteiger partial charge in [0.05, 0.1) is 11.8 Å². The molecule has 0 aromatic heterocycles. The molecule has 150 valence electrons. The van der Waals surface area contributed by atoms with Gasteiger partial charge in [-0.2, -0.15) is 5.10 Å². The molecule has 2 atom stereocenters. The summed E-state index contributed by atoms with van der Waals surface area (Å²) >= 11 is 3.57. The molecule has 3 aliphatic heterocycles. The topological polar surface area (TPSA) is 43.3 Å². The Hall–Kier alpha value is -3.06. The van der Waals surface area contributed by atoms with Crippen LogP contribution in [0.4, 0.5) is 4.39 Å². The number of benzene rings is 3. The highest BCUT2D eigenvalue weighted by atomic mass is 79.9. The van der Waals surface area contributed by atoms with E-state index in [2.05, 4.69) is 22.0 Å². The van der Waals surface area contributed by atoms with E-state index in [0.29, 0.717) is 0 Å². The number of hydrogen-bond acceptors (Lipinski definition) is 5. The number of hydrazone groups is 1. The van der Waals surface area contributed by atoms with Crippen LogP contribution >= 0.6 is 15.9 Å². The zero-order valence-electron chi connectivity index (χ0n) is 15.7. The van der Waals surface area contributed by atoms with Gasteiger partial charge in [0.2, 0.25) is 13.0 Å². The molecule has 3 aromatic rings. The third kappa shape index (κ3) is 2.84. The summed E-state index contributed by atoms with van der Waals surface area (Å²) in [6.07, 6.45) is 0.292. The van der Waals surface area contributed by atoms with Gasteiger partial charge in [-0.3, -0.25) is 0 Å². The van der Waals surface area contributed by atoms with E-state index in [1.165, 1.54) is 12.1 Å². The van der Waals surface area contributed by atoms with Gasteiger partial charge in [-0.1, -0.05) is 28.1 Å². The number of rotatable bonds is 2. The van der Waals surface area contributed by atoms with E-state index < -0.39 is 6.23 Å². The van der Waals surface area contributed by atoms with E-state index in [1.807, 2.05) is 35.3 Å². The smallest absolute Gasteiger partial charge is 0.231 e. The molecular weight excluding hydrogens is 451 g/mol. The van der Waals surface area contributed by atoms with E-state index in [1.54, 1.807) is 12.1 Å². The van der Waals surface area contributed by atoms with Crippen molar-refractivity contribution in [2.75, 3.05) is 6.79 Å². The number of halogens is 2. The molecule has 6 rings (SSSR count). The minimum Gasteiger partial charge on any atom is -0.464 e. The second-order valence-electron chi connectivity index (χ2n) is 7.42. The lowest BCUT2D eigenvalue weighted by molar-refractivity contribution is -0.0191. The van der Waals surface area contributed by atoms with Gasteiger partial charge in [0.25, 0.3) is 0 Å². The van der Waals surface area contributed by atoms with E-state index in [-0.39, 0.29) is 18.7 Å². The number of nitrogens with zero attached hydrogens (tertiary/aromatic N) is 2. The number of fused-ring (bicyclic) bond motifs is 4. The molecule has 0 saturated heterocycles. The van der Waals surface area contributed by atoms with Gasteiger partial charge in [0.1, 0.15) is 11.6 Å². The lowest BCUT2D eigenvalue weighted by atomic mass is 9.96. The summed E-state index contributed by atoms with van der Waals surface area (Å²) in [5.41, 5.74) is 3.86. The van der Waals surface area contributed by atoms with Crippen molar-refractivity contribution in [1.29, 1.82) is 0 Å². The Labute approximate surface area is 180 Å². The van der Waals surface area contributed by atoms with Crippen molar-refractivity contribution in [3.8, 4) is 17.2 Å².